The molecule has 1 aliphatic rings. The van der Waals surface area contributed by atoms with Gasteiger partial charge in [0, 0.05) is 35.3 Å². The highest BCUT2D eigenvalue weighted by Crippen LogP contribution is 2.26. The van der Waals surface area contributed by atoms with E-state index in [2.05, 4.69) is 15.6 Å². The average Bonchev–Trinajstić information content (AvgIpc) is 3.34. The third kappa shape index (κ3) is 4.38. The van der Waals surface area contributed by atoms with Crippen molar-refractivity contribution in [1.29, 1.82) is 0 Å². The number of rotatable bonds is 5. The fourth-order valence-electron chi connectivity index (χ4n) is 3.27. The first-order valence-corrected chi connectivity index (χ1v) is 10.4. The molecule has 3 aromatic rings. The summed E-state index contributed by atoms with van der Waals surface area (Å²) in [5.41, 5.74) is 2.69. The third-order valence-electron chi connectivity index (χ3n) is 4.82. The van der Waals surface area contributed by atoms with Gasteiger partial charge in [-0.05, 0) is 43.3 Å². The van der Waals surface area contributed by atoms with Crippen molar-refractivity contribution in [1.82, 2.24) is 4.98 Å². The van der Waals surface area contributed by atoms with Gasteiger partial charge in [-0.1, -0.05) is 18.2 Å². The number of aromatic nitrogens is 1. The standard InChI is InChI=1S/C22H20N4O3S/c1-14-13-30-22(23-14)25-20(28)15-7-9-17(10-8-15)24-21(29)16-11-19(27)26(12-16)18-5-3-2-4-6-18/h2-10,13,16H,11-12H2,1H3,(H,24,29)(H,23,25,28). The van der Waals surface area contributed by atoms with Crippen molar-refractivity contribution >= 4 is 45.6 Å². The molecule has 1 fully saturated rings. The van der Waals surface area contributed by atoms with Gasteiger partial charge in [0.1, 0.15) is 0 Å². The number of hydrogen-bond acceptors (Lipinski definition) is 5. The topological polar surface area (TPSA) is 91.4 Å². The van der Waals surface area contributed by atoms with E-state index in [1.807, 2.05) is 42.6 Å². The first-order chi connectivity index (χ1) is 14.5. The second kappa shape index (κ2) is 8.46. The number of para-hydroxylation sites is 1. The Kier molecular flexibility index (Phi) is 5.58. The predicted octanol–water partition coefficient (Wildman–Crippen LogP) is 3.70. The summed E-state index contributed by atoms with van der Waals surface area (Å²) < 4.78 is 0. The van der Waals surface area contributed by atoms with E-state index in [4.69, 9.17) is 0 Å². The van der Waals surface area contributed by atoms with Crippen molar-refractivity contribution in [3.63, 3.8) is 0 Å². The summed E-state index contributed by atoms with van der Waals surface area (Å²) in [5.74, 6) is -0.959. The van der Waals surface area contributed by atoms with Gasteiger partial charge in [-0.15, -0.1) is 11.3 Å². The average molecular weight is 420 g/mol. The molecule has 0 spiro atoms. The third-order valence-corrected chi connectivity index (χ3v) is 5.69. The quantitative estimate of drug-likeness (QED) is 0.658. The Balaban J connectivity index is 1.36. The summed E-state index contributed by atoms with van der Waals surface area (Å²) in [6.45, 7) is 2.21. The van der Waals surface area contributed by atoms with E-state index in [0.29, 0.717) is 22.9 Å². The molecule has 8 heteroatoms. The van der Waals surface area contributed by atoms with Crippen LogP contribution in [-0.2, 0) is 9.59 Å². The number of anilines is 3. The van der Waals surface area contributed by atoms with E-state index in [1.54, 1.807) is 29.2 Å². The van der Waals surface area contributed by atoms with Gasteiger partial charge < -0.3 is 10.2 Å². The molecule has 0 saturated carbocycles. The maximum absolute atomic E-state index is 12.6. The Bertz CT molecular complexity index is 1080. The van der Waals surface area contributed by atoms with Gasteiger partial charge in [0.2, 0.25) is 11.8 Å². The lowest BCUT2D eigenvalue weighted by Gasteiger charge is -2.16. The molecule has 0 bridgehead atoms. The van der Waals surface area contributed by atoms with E-state index < -0.39 is 5.92 Å². The lowest BCUT2D eigenvalue weighted by atomic mass is 10.1. The maximum Gasteiger partial charge on any atom is 0.257 e. The minimum Gasteiger partial charge on any atom is -0.326 e. The van der Waals surface area contributed by atoms with Crippen LogP contribution in [0.2, 0.25) is 0 Å². The van der Waals surface area contributed by atoms with Crippen LogP contribution in [0.25, 0.3) is 0 Å². The summed E-state index contributed by atoms with van der Waals surface area (Å²) in [6.07, 6.45) is 0.175. The van der Waals surface area contributed by atoms with E-state index >= 15 is 0 Å². The molecule has 0 radical (unpaired) electrons. The molecule has 1 aromatic heterocycles. The molecule has 2 aromatic carbocycles. The number of hydrogen-bond donors (Lipinski definition) is 2. The molecule has 2 N–H and O–H groups in total. The highest BCUT2D eigenvalue weighted by Gasteiger charge is 2.35. The molecule has 4 rings (SSSR count). The molecule has 1 aliphatic heterocycles. The first-order valence-electron chi connectivity index (χ1n) is 9.49. The van der Waals surface area contributed by atoms with Crippen LogP contribution in [-0.4, -0.2) is 29.3 Å². The lowest BCUT2D eigenvalue weighted by molar-refractivity contribution is -0.122. The zero-order chi connectivity index (χ0) is 21.1. The molecular formula is C22H20N4O3S. The SMILES string of the molecule is Cc1csc(NC(=O)c2ccc(NC(=O)C3CC(=O)N(c4ccccc4)C3)cc2)n1. The van der Waals surface area contributed by atoms with Crippen molar-refractivity contribution in [2.24, 2.45) is 5.92 Å². The van der Waals surface area contributed by atoms with Gasteiger partial charge >= 0.3 is 0 Å². The normalized spacial score (nSPS) is 15.8. The van der Waals surface area contributed by atoms with E-state index in [9.17, 15) is 14.4 Å². The molecule has 3 amide bonds. The molecular weight excluding hydrogens is 400 g/mol. The van der Waals surface area contributed by atoms with Crippen LogP contribution in [0.1, 0.15) is 22.5 Å². The van der Waals surface area contributed by atoms with Crippen LogP contribution >= 0.6 is 11.3 Å². The van der Waals surface area contributed by atoms with Crippen LogP contribution in [0.3, 0.4) is 0 Å². The van der Waals surface area contributed by atoms with Crippen LogP contribution < -0.4 is 15.5 Å². The molecule has 30 heavy (non-hydrogen) atoms. The molecule has 1 atom stereocenters. The number of amides is 3. The van der Waals surface area contributed by atoms with Crippen LogP contribution in [0.4, 0.5) is 16.5 Å². The number of thiazole rings is 1. The Morgan fingerprint density at radius 3 is 2.47 bits per heavy atom. The molecule has 152 valence electrons. The summed E-state index contributed by atoms with van der Waals surface area (Å²) in [4.78, 5) is 43.1. The number of aryl methyl sites for hydroxylation is 1. The van der Waals surface area contributed by atoms with Gasteiger partial charge in [0.05, 0.1) is 11.6 Å². The van der Waals surface area contributed by atoms with Gasteiger partial charge in [-0.25, -0.2) is 4.98 Å². The Morgan fingerprint density at radius 2 is 1.80 bits per heavy atom. The molecule has 2 heterocycles. The number of benzene rings is 2. The largest absolute Gasteiger partial charge is 0.326 e. The molecule has 0 aliphatic carbocycles. The van der Waals surface area contributed by atoms with Gasteiger partial charge in [0.25, 0.3) is 5.91 Å². The molecule has 7 nitrogen and oxygen atoms in total. The Morgan fingerprint density at radius 1 is 1.07 bits per heavy atom. The predicted molar refractivity (Wildman–Crippen MR) is 117 cm³/mol. The number of nitrogens with zero attached hydrogens (tertiary/aromatic N) is 2. The fraction of sp³-hybridized carbons (Fsp3) is 0.182. The van der Waals surface area contributed by atoms with E-state index in [0.717, 1.165) is 11.4 Å². The van der Waals surface area contributed by atoms with Crippen LogP contribution in [0.15, 0.2) is 60.0 Å². The maximum atomic E-state index is 12.6. The first kappa shape index (κ1) is 19.8. The van der Waals surface area contributed by atoms with Crippen LogP contribution in [0.5, 0.6) is 0 Å². The smallest absolute Gasteiger partial charge is 0.257 e. The van der Waals surface area contributed by atoms with Crippen molar-refractivity contribution in [3.05, 3.63) is 71.2 Å². The summed E-state index contributed by atoms with van der Waals surface area (Å²) in [5, 5.41) is 7.99. The molecule has 1 saturated heterocycles. The summed E-state index contributed by atoms with van der Waals surface area (Å²) in [7, 11) is 0. The van der Waals surface area contributed by atoms with Gasteiger partial charge in [0.15, 0.2) is 5.13 Å². The van der Waals surface area contributed by atoms with Crippen LogP contribution in [0, 0.1) is 12.8 Å². The van der Waals surface area contributed by atoms with Crippen molar-refractivity contribution in [2.45, 2.75) is 13.3 Å². The fourth-order valence-corrected chi connectivity index (χ4v) is 3.95. The minimum absolute atomic E-state index is 0.0641. The second-order valence-electron chi connectivity index (χ2n) is 7.06. The monoisotopic (exact) mass is 420 g/mol. The van der Waals surface area contributed by atoms with Crippen molar-refractivity contribution in [3.8, 4) is 0 Å². The summed E-state index contributed by atoms with van der Waals surface area (Å²) in [6, 6.07) is 16.0. The summed E-state index contributed by atoms with van der Waals surface area (Å²) >= 11 is 1.37. The van der Waals surface area contributed by atoms with Gasteiger partial charge in [-0.3, -0.25) is 19.7 Å². The van der Waals surface area contributed by atoms with E-state index in [-0.39, 0.29) is 24.1 Å². The number of carbonyl (C=O) groups excluding carboxylic acids is 3. The number of nitrogens with one attached hydrogen (secondary N) is 2. The zero-order valence-electron chi connectivity index (χ0n) is 16.3. The highest BCUT2D eigenvalue weighted by atomic mass is 32.1. The van der Waals surface area contributed by atoms with Crippen molar-refractivity contribution < 1.29 is 14.4 Å². The zero-order valence-corrected chi connectivity index (χ0v) is 17.1. The van der Waals surface area contributed by atoms with E-state index in [1.165, 1.54) is 11.3 Å². The Labute approximate surface area is 177 Å². The van der Waals surface area contributed by atoms with Crippen molar-refractivity contribution in [2.75, 3.05) is 22.1 Å². The minimum atomic E-state index is -0.422. The number of carbonyl (C=O) groups is 3. The Hall–Kier alpha value is -3.52. The molecule has 1 unspecified atom stereocenters. The van der Waals surface area contributed by atoms with Gasteiger partial charge in [-0.2, -0.15) is 0 Å². The lowest BCUT2D eigenvalue weighted by Crippen LogP contribution is -2.28. The highest BCUT2D eigenvalue weighted by molar-refractivity contribution is 7.13. The second-order valence-corrected chi connectivity index (χ2v) is 7.91.